The molecule has 2 rings (SSSR count). The van der Waals surface area contributed by atoms with Crippen molar-refractivity contribution in [3.8, 4) is 5.75 Å². The van der Waals surface area contributed by atoms with E-state index in [0.717, 1.165) is 0 Å². The lowest BCUT2D eigenvalue weighted by molar-refractivity contribution is -0.118. The summed E-state index contributed by atoms with van der Waals surface area (Å²) in [6.45, 7) is 0. The van der Waals surface area contributed by atoms with Crippen molar-refractivity contribution in [2.75, 3.05) is 12.4 Å². The molecule has 3 N–H and O–H groups in total. The predicted molar refractivity (Wildman–Crippen MR) is 82.0 cm³/mol. The van der Waals surface area contributed by atoms with Gasteiger partial charge in [0.1, 0.15) is 11.8 Å². The van der Waals surface area contributed by atoms with Crippen LogP contribution in [0.3, 0.4) is 0 Å². The molecule has 0 aliphatic rings. The van der Waals surface area contributed by atoms with Crippen LogP contribution in [0.4, 0.5) is 10.5 Å². The van der Waals surface area contributed by atoms with Crippen LogP contribution in [-0.4, -0.2) is 24.2 Å². The predicted octanol–water partition coefficient (Wildman–Crippen LogP) is 2.64. The van der Waals surface area contributed by atoms with Gasteiger partial charge in [0, 0.05) is 5.69 Å². The average Bonchev–Trinajstić information content (AvgIpc) is 2.54. The Kier molecular flexibility index (Phi) is 4.98. The highest BCUT2D eigenvalue weighted by Gasteiger charge is 2.22. The fraction of sp³-hybridized carbons (Fsp3) is 0.125. The van der Waals surface area contributed by atoms with Crippen molar-refractivity contribution in [1.29, 1.82) is 0 Å². The highest BCUT2D eigenvalue weighted by atomic mass is 16.5. The van der Waals surface area contributed by atoms with Gasteiger partial charge in [-0.2, -0.15) is 0 Å². The van der Waals surface area contributed by atoms with Gasteiger partial charge in [-0.3, -0.25) is 4.79 Å². The molecule has 0 aliphatic carbocycles. The standard InChI is InChI=1S/C16H16N2O4/c1-22-13-9-7-12(8-10-13)17-15(19)14(18-16(20)21)11-5-3-2-4-6-11/h2-10,14,18H,1H3,(H,17,19)(H,20,21). The van der Waals surface area contributed by atoms with Crippen molar-refractivity contribution in [2.45, 2.75) is 6.04 Å². The van der Waals surface area contributed by atoms with Crippen LogP contribution in [0.15, 0.2) is 54.6 Å². The van der Waals surface area contributed by atoms with Crippen molar-refractivity contribution >= 4 is 17.7 Å². The number of hydrogen-bond donors (Lipinski definition) is 3. The maximum absolute atomic E-state index is 12.3. The monoisotopic (exact) mass is 300 g/mol. The summed E-state index contributed by atoms with van der Waals surface area (Å²) in [7, 11) is 1.55. The number of methoxy groups -OCH3 is 1. The van der Waals surface area contributed by atoms with E-state index >= 15 is 0 Å². The highest BCUT2D eigenvalue weighted by molar-refractivity contribution is 5.97. The Hall–Kier alpha value is -3.02. The zero-order valence-corrected chi connectivity index (χ0v) is 11.9. The van der Waals surface area contributed by atoms with Gasteiger partial charge in [0.05, 0.1) is 7.11 Å². The molecular weight excluding hydrogens is 284 g/mol. The van der Waals surface area contributed by atoms with Gasteiger partial charge >= 0.3 is 6.09 Å². The van der Waals surface area contributed by atoms with Crippen LogP contribution in [0.1, 0.15) is 11.6 Å². The van der Waals surface area contributed by atoms with E-state index in [9.17, 15) is 9.59 Å². The Morgan fingerprint density at radius 1 is 1.05 bits per heavy atom. The molecule has 2 amide bonds. The molecule has 114 valence electrons. The van der Waals surface area contributed by atoms with E-state index in [1.807, 2.05) is 0 Å². The third-order valence-electron chi connectivity index (χ3n) is 3.02. The van der Waals surface area contributed by atoms with Gasteiger partial charge in [-0.25, -0.2) is 4.79 Å². The molecule has 2 aromatic carbocycles. The molecule has 0 aromatic heterocycles. The van der Waals surface area contributed by atoms with Crippen LogP contribution < -0.4 is 15.4 Å². The lowest BCUT2D eigenvalue weighted by Crippen LogP contribution is -2.36. The Balaban J connectivity index is 2.16. The molecule has 0 aliphatic heterocycles. The van der Waals surface area contributed by atoms with Crippen LogP contribution in [0.5, 0.6) is 5.75 Å². The van der Waals surface area contributed by atoms with E-state index < -0.39 is 18.0 Å². The number of carbonyl (C=O) groups is 2. The van der Waals surface area contributed by atoms with Crippen molar-refractivity contribution in [3.63, 3.8) is 0 Å². The minimum Gasteiger partial charge on any atom is -0.497 e. The summed E-state index contributed by atoms with van der Waals surface area (Å²) in [4.78, 5) is 23.3. The molecule has 1 atom stereocenters. The first-order valence-electron chi connectivity index (χ1n) is 6.59. The Bertz CT molecular complexity index is 641. The van der Waals surface area contributed by atoms with Gasteiger partial charge in [-0.15, -0.1) is 0 Å². The zero-order valence-electron chi connectivity index (χ0n) is 11.9. The first-order valence-corrected chi connectivity index (χ1v) is 6.59. The number of anilines is 1. The lowest BCUT2D eigenvalue weighted by Gasteiger charge is -2.17. The van der Waals surface area contributed by atoms with Gasteiger partial charge < -0.3 is 20.5 Å². The van der Waals surface area contributed by atoms with Crippen LogP contribution in [0, 0.1) is 0 Å². The maximum atomic E-state index is 12.3. The van der Waals surface area contributed by atoms with Crippen LogP contribution in [-0.2, 0) is 4.79 Å². The summed E-state index contributed by atoms with van der Waals surface area (Å²) in [5.74, 6) is 0.208. The molecule has 6 nitrogen and oxygen atoms in total. The summed E-state index contributed by atoms with van der Waals surface area (Å²) in [5, 5.41) is 13.8. The summed E-state index contributed by atoms with van der Waals surface area (Å²) >= 11 is 0. The minimum absolute atomic E-state index is 0.459. The smallest absolute Gasteiger partial charge is 0.405 e. The first kappa shape index (κ1) is 15.4. The number of benzene rings is 2. The lowest BCUT2D eigenvalue weighted by atomic mass is 10.1. The van der Waals surface area contributed by atoms with Gasteiger partial charge in [0.2, 0.25) is 0 Å². The number of nitrogens with one attached hydrogen (secondary N) is 2. The van der Waals surface area contributed by atoms with Gasteiger partial charge in [-0.1, -0.05) is 30.3 Å². The summed E-state index contributed by atoms with van der Waals surface area (Å²) < 4.78 is 5.04. The molecule has 6 heteroatoms. The second-order valence-corrected chi connectivity index (χ2v) is 4.51. The second kappa shape index (κ2) is 7.12. The molecule has 0 saturated heterocycles. The van der Waals surface area contributed by atoms with E-state index in [2.05, 4.69) is 10.6 Å². The normalized spacial score (nSPS) is 11.3. The fourth-order valence-electron chi connectivity index (χ4n) is 1.96. The van der Waals surface area contributed by atoms with E-state index in [1.165, 1.54) is 0 Å². The molecule has 0 fully saturated rings. The van der Waals surface area contributed by atoms with Crippen LogP contribution in [0.2, 0.25) is 0 Å². The molecule has 0 spiro atoms. The summed E-state index contributed by atoms with van der Waals surface area (Å²) in [6, 6.07) is 14.4. The third-order valence-corrected chi connectivity index (χ3v) is 3.02. The molecule has 1 unspecified atom stereocenters. The van der Waals surface area contributed by atoms with E-state index in [4.69, 9.17) is 9.84 Å². The van der Waals surface area contributed by atoms with Crippen molar-refractivity contribution < 1.29 is 19.4 Å². The van der Waals surface area contributed by atoms with Gasteiger partial charge in [-0.05, 0) is 29.8 Å². The number of carboxylic acid groups (broad SMARTS) is 1. The number of rotatable bonds is 5. The molecule has 22 heavy (non-hydrogen) atoms. The van der Waals surface area contributed by atoms with E-state index in [0.29, 0.717) is 17.0 Å². The Labute approximate surface area is 127 Å². The highest BCUT2D eigenvalue weighted by Crippen LogP contribution is 2.18. The molecule has 0 bridgehead atoms. The number of hydrogen-bond acceptors (Lipinski definition) is 3. The maximum Gasteiger partial charge on any atom is 0.405 e. The number of amides is 2. The number of carbonyl (C=O) groups excluding carboxylic acids is 1. The minimum atomic E-state index is -1.27. The summed E-state index contributed by atoms with van der Waals surface area (Å²) in [6.07, 6.45) is -1.27. The molecule has 0 heterocycles. The topological polar surface area (TPSA) is 87.7 Å². The van der Waals surface area contributed by atoms with Crippen LogP contribution in [0.25, 0.3) is 0 Å². The van der Waals surface area contributed by atoms with E-state index in [-0.39, 0.29) is 0 Å². The second-order valence-electron chi connectivity index (χ2n) is 4.51. The Morgan fingerprint density at radius 3 is 2.23 bits per heavy atom. The molecule has 2 aromatic rings. The third kappa shape index (κ3) is 3.99. The summed E-state index contributed by atoms with van der Waals surface area (Å²) in [5.41, 5.74) is 1.12. The zero-order chi connectivity index (χ0) is 15.9. The Morgan fingerprint density at radius 2 is 1.68 bits per heavy atom. The fourth-order valence-corrected chi connectivity index (χ4v) is 1.96. The number of ether oxygens (including phenoxy) is 1. The van der Waals surface area contributed by atoms with Crippen LogP contribution >= 0.6 is 0 Å². The largest absolute Gasteiger partial charge is 0.497 e. The van der Waals surface area contributed by atoms with Gasteiger partial charge in [0.25, 0.3) is 5.91 Å². The molecule has 0 saturated carbocycles. The van der Waals surface area contributed by atoms with Crippen molar-refractivity contribution in [3.05, 3.63) is 60.2 Å². The van der Waals surface area contributed by atoms with E-state index in [1.54, 1.807) is 61.7 Å². The van der Waals surface area contributed by atoms with Crippen molar-refractivity contribution in [2.24, 2.45) is 0 Å². The quantitative estimate of drug-likeness (QED) is 0.792. The molecule has 0 radical (unpaired) electrons. The average molecular weight is 300 g/mol. The SMILES string of the molecule is COc1ccc(NC(=O)C(NC(=O)O)c2ccccc2)cc1. The molecular formula is C16H16N2O4. The van der Waals surface area contributed by atoms with Crippen molar-refractivity contribution in [1.82, 2.24) is 5.32 Å². The first-order chi connectivity index (χ1) is 10.6. The van der Waals surface area contributed by atoms with Gasteiger partial charge in [0.15, 0.2) is 0 Å².